The zero-order chi connectivity index (χ0) is 22.2. The number of ether oxygens (including phenoxy) is 1. The second-order valence-corrected chi connectivity index (χ2v) is 8.52. The fraction of sp³-hybridized carbons (Fsp3) is 0.321. The summed E-state index contributed by atoms with van der Waals surface area (Å²) >= 11 is 0. The lowest BCUT2D eigenvalue weighted by atomic mass is 9.90. The van der Waals surface area contributed by atoms with Crippen molar-refractivity contribution < 1.29 is 9.53 Å². The van der Waals surface area contributed by atoms with Crippen LogP contribution in [0, 0.1) is 5.92 Å². The SMILES string of the molecule is CCOc1ccc(NC(=O)c2ccc(CN3CCC(Cc4ccccc4)CC3)cc2)cc1. The monoisotopic (exact) mass is 428 g/mol. The van der Waals surface area contributed by atoms with Crippen LogP contribution in [0.25, 0.3) is 0 Å². The van der Waals surface area contributed by atoms with Crippen LogP contribution in [0.4, 0.5) is 5.69 Å². The Hall–Kier alpha value is -3.11. The molecule has 1 aliphatic rings. The molecule has 32 heavy (non-hydrogen) atoms. The number of carbonyl (C=O) groups excluding carboxylic acids is 1. The van der Waals surface area contributed by atoms with Crippen molar-refractivity contribution >= 4 is 11.6 Å². The summed E-state index contributed by atoms with van der Waals surface area (Å²) < 4.78 is 5.44. The minimum Gasteiger partial charge on any atom is -0.494 e. The number of hydrogen-bond donors (Lipinski definition) is 1. The summed E-state index contributed by atoms with van der Waals surface area (Å²) in [6, 6.07) is 26.3. The molecule has 0 aliphatic carbocycles. The number of amides is 1. The third-order valence-corrected chi connectivity index (χ3v) is 6.12. The lowest BCUT2D eigenvalue weighted by molar-refractivity contribution is 0.102. The van der Waals surface area contributed by atoms with Crippen LogP contribution in [0.15, 0.2) is 78.9 Å². The van der Waals surface area contributed by atoms with Crippen molar-refractivity contribution in [2.24, 2.45) is 5.92 Å². The average molecular weight is 429 g/mol. The molecule has 0 spiro atoms. The standard InChI is InChI=1S/C28H32N2O2/c1-2-32-27-14-12-26(13-15-27)29-28(31)25-10-8-24(9-11-25)21-30-18-16-23(17-19-30)20-22-6-4-3-5-7-22/h3-15,23H,2,16-21H2,1H3,(H,29,31). The molecule has 0 aromatic heterocycles. The van der Waals surface area contributed by atoms with Gasteiger partial charge in [-0.15, -0.1) is 0 Å². The van der Waals surface area contributed by atoms with E-state index in [9.17, 15) is 4.79 Å². The van der Waals surface area contributed by atoms with Gasteiger partial charge in [0.2, 0.25) is 0 Å². The van der Waals surface area contributed by atoms with Crippen LogP contribution in [0.1, 0.15) is 41.3 Å². The van der Waals surface area contributed by atoms with Crippen LogP contribution in [0.3, 0.4) is 0 Å². The van der Waals surface area contributed by atoms with Crippen molar-refractivity contribution in [1.29, 1.82) is 0 Å². The topological polar surface area (TPSA) is 41.6 Å². The molecule has 4 heteroatoms. The van der Waals surface area contributed by atoms with E-state index < -0.39 is 0 Å². The molecule has 4 nitrogen and oxygen atoms in total. The van der Waals surface area contributed by atoms with Gasteiger partial charge in [-0.25, -0.2) is 0 Å². The summed E-state index contributed by atoms with van der Waals surface area (Å²) in [5, 5.41) is 2.95. The van der Waals surface area contributed by atoms with Gasteiger partial charge in [0.15, 0.2) is 0 Å². The first-order valence-corrected chi connectivity index (χ1v) is 11.6. The molecule has 0 saturated carbocycles. The van der Waals surface area contributed by atoms with Crippen molar-refractivity contribution in [3.05, 3.63) is 95.6 Å². The molecule has 4 rings (SSSR count). The average Bonchev–Trinajstić information content (AvgIpc) is 2.83. The highest BCUT2D eigenvalue weighted by Crippen LogP contribution is 2.23. The quantitative estimate of drug-likeness (QED) is 0.494. The van der Waals surface area contributed by atoms with Gasteiger partial charge in [0.05, 0.1) is 6.61 Å². The molecule has 1 heterocycles. The predicted molar refractivity (Wildman–Crippen MR) is 130 cm³/mol. The maximum atomic E-state index is 12.6. The van der Waals surface area contributed by atoms with E-state index in [-0.39, 0.29) is 5.91 Å². The second-order valence-electron chi connectivity index (χ2n) is 8.52. The highest BCUT2D eigenvalue weighted by atomic mass is 16.5. The molecule has 1 N–H and O–H groups in total. The zero-order valence-corrected chi connectivity index (χ0v) is 18.8. The van der Waals surface area contributed by atoms with E-state index in [0.29, 0.717) is 12.2 Å². The van der Waals surface area contributed by atoms with Gasteiger partial charge in [0.1, 0.15) is 5.75 Å². The molecule has 1 amide bonds. The van der Waals surface area contributed by atoms with Crippen molar-refractivity contribution in [1.82, 2.24) is 4.90 Å². The summed E-state index contributed by atoms with van der Waals surface area (Å²) in [6.45, 7) is 5.80. The van der Waals surface area contributed by atoms with Gasteiger partial charge in [0.25, 0.3) is 5.91 Å². The van der Waals surface area contributed by atoms with E-state index in [1.165, 1.54) is 30.4 Å². The van der Waals surface area contributed by atoms with E-state index in [1.54, 1.807) is 0 Å². The highest BCUT2D eigenvalue weighted by Gasteiger charge is 2.19. The summed E-state index contributed by atoms with van der Waals surface area (Å²) in [4.78, 5) is 15.1. The molecule has 1 aliphatic heterocycles. The summed E-state index contributed by atoms with van der Waals surface area (Å²) in [5.74, 6) is 1.49. The smallest absolute Gasteiger partial charge is 0.255 e. The first kappa shape index (κ1) is 22.1. The van der Waals surface area contributed by atoms with Crippen LogP contribution in [-0.2, 0) is 13.0 Å². The summed E-state index contributed by atoms with van der Waals surface area (Å²) in [7, 11) is 0. The van der Waals surface area contributed by atoms with Crippen LogP contribution in [0.2, 0.25) is 0 Å². The number of carbonyl (C=O) groups is 1. The minimum atomic E-state index is -0.0950. The van der Waals surface area contributed by atoms with Gasteiger partial charge in [-0.3, -0.25) is 9.69 Å². The highest BCUT2D eigenvalue weighted by molar-refractivity contribution is 6.04. The number of hydrogen-bond acceptors (Lipinski definition) is 3. The van der Waals surface area contributed by atoms with Gasteiger partial charge in [-0.2, -0.15) is 0 Å². The third-order valence-electron chi connectivity index (χ3n) is 6.12. The van der Waals surface area contributed by atoms with Crippen molar-refractivity contribution in [3.8, 4) is 5.75 Å². The Balaban J connectivity index is 1.24. The Morgan fingerprint density at radius 2 is 1.59 bits per heavy atom. The lowest BCUT2D eigenvalue weighted by Gasteiger charge is -2.32. The van der Waals surface area contributed by atoms with E-state index in [0.717, 1.165) is 37.0 Å². The van der Waals surface area contributed by atoms with Crippen LogP contribution >= 0.6 is 0 Å². The fourth-order valence-electron chi connectivity index (χ4n) is 4.32. The first-order valence-electron chi connectivity index (χ1n) is 11.6. The van der Waals surface area contributed by atoms with E-state index in [2.05, 4.69) is 52.7 Å². The second kappa shape index (κ2) is 11.0. The Kier molecular flexibility index (Phi) is 7.57. The summed E-state index contributed by atoms with van der Waals surface area (Å²) in [6.07, 6.45) is 3.68. The molecule has 1 saturated heterocycles. The molecule has 0 radical (unpaired) electrons. The van der Waals surface area contributed by atoms with E-state index in [4.69, 9.17) is 4.74 Å². The van der Waals surface area contributed by atoms with Crippen molar-refractivity contribution in [3.63, 3.8) is 0 Å². The number of nitrogens with one attached hydrogen (secondary N) is 1. The van der Waals surface area contributed by atoms with Crippen LogP contribution in [0.5, 0.6) is 5.75 Å². The van der Waals surface area contributed by atoms with Crippen molar-refractivity contribution in [2.45, 2.75) is 32.7 Å². The Morgan fingerprint density at radius 3 is 2.25 bits per heavy atom. The maximum absolute atomic E-state index is 12.6. The minimum absolute atomic E-state index is 0.0950. The fourth-order valence-corrected chi connectivity index (χ4v) is 4.32. The Labute approximate surface area is 191 Å². The van der Waals surface area contributed by atoms with Gasteiger partial charge in [-0.1, -0.05) is 42.5 Å². The third kappa shape index (κ3) is 6.21. The number of anilines is 1. The number of nitrogens with zero attached hydrogens (tertiary/aromatic N) is 1. The van der Waals surface area contributed by atoms with E-state index >= 15 is 0 Å². The van der Waals surface area contributed by atoms with Gasteiger partial charge >= 0.3 is 0 Å². The Bertz CT molecular complexity index is 976. The molecule has 166 valence electrons. The molecular weight excluding hydrogens is 396 g/mol. The number of benzene rings is 3. The lowest BCUT2D eigenvalue weighted by Crippen LogP contribution is -2.33. The molecule has 3 aromatic rings. The molecular formula is C28H32N2O2. The molecule has 0 bridgehead atoms. The number of rotatable bonds is 8. The molecule has 3 aromatic carbocycles. The number of piperidine rings is 1. The van der Waals surface area contributed by atoms with Crippen molar-refractivity contribution in [2.75, 3.05) is 25.0 Å². The van der Waals surface area contributed by atoms with Crippen LogP contribution < -0.4 is 10.1 Å². The van der Waals surface area contributed by atoms with Gasteiger partial charge in [0, 0.05) is 17.8 Å². The predicted octanol–water partition coefficient (Wildman–Crippen LogP) is 5.79. The first-order chi connectivity index (χ1) is 15.7. The Morgan fingerprint density at radius 1 is 0.906 bits per heavy atom. The van der Waals surface area contributed by atoms with E-state index in [1.807, 2.05) is 43.3 Å². The summed E-state index contributed by atoms with van der Waals surface area (Å²) in [5.41, 5.74) is 4.14. The van der Waals surface area contributed by atoms with Gasteiger partial charge in [-0.05, 0) is 92.7 Å². The largest absolute Gasteiger partial charge is 0.494 e. The molecule has 0 unspecified atom stereocenters. The molecule has 1 fully saturated rings. The normalized spacial score (nSPS) is 14.8. The number of likely N-dealkylation sites (tertiary alicyclic amines) is 1. The van der Waals surface area contributed by atoms with Gasteiger partial charge < -0.3 is 10.1 Å². The zero-order valence-electron chi connectivity index (χ0n) is 18.8. The maximum Gasteiger partial charge on any atom is 0.255 e. The van der Waals surface area contributed by atoms with Crippen LogP contribution in [-0.4, -0.2) is 30.5 Å². The molecule has 0 atom stereocenters.